The van der Waals surface area contributed by atoms with Crippen LogP contribution in [0.2, 0.25) is 0 Å². The first-order valence-electron chi connectivity index (χ1n) is 7.03. The molecule has 15 heavy (non-hydrogen) atoms. The number of unbranched alkanes of at least 4 members (excludes halogenated alkanes) is 1. The molecular formula is C14H29N. The van der Waals surface area contributed by atoms with Gasteiger partial charge in [-0.05, 0) is 44.2 Å². The quantitative estimate of drug-likeness (QED) is 0.671. The molecule has 1 saturated heterocycles. The third-order valence-electron chi connectivity index (χ3n) is 3.76. The number of hydrogen-bond donors (Lipinski definition) is 1. The molecule has 0 aromatic carbocycles. The highest BCUT2D eigenvalue weighted by molar-refractivity contribution is 4.69. The number of rotatable bonds is 7. The Hall–Kier alpha value is -0.0400. The second-order valence-electron chi connectivity index (χ2n) is 5.39. The molecule has 1 fully saturated rings. The Morgan fingerprint density at radius 2 is 2.07 bits per heavy atom. The van der Waals surface area contributed by atoms with Crippen molar-refractivity contribution >= 4 is 0 Å². The van der Waals surface area contributed by atoms with Gasteiger partial charge in [-0.15, -0.1) is 0 Å². The Morgan fingerprint density at radius 3 is 2.73 bits per heavy atom. The lowest BCUT2D eigenvalue weighted by Crippen LogP contribution is -2.29. The van der Waals surface area contributed by atoms with E-state index in [2.05, 4.69) is 19.2 Å². The van der Waals surface area contributed by atoms with Crippen molar-refractivity contribution in [3.05, 3.63) is 0 Å². The van der Waals surface area contributed by atoms with Crippen LogP contribution in [0.15, 0.2) is 0 Å². The van der Waals surface area contributed by atoms with Crippen molar-refractivity contribution in [2.45, 2.75) is 65.2 Å². The summed E-state index contributed by atoms with van der Waals surface area (Å²) in [6, 6.07) is 0. The zero-order valence-corrected chi connectivity index (χ0v) is 10.7. The van der Waals surface area contributed by atoms with Gasteiger partial charge in [-0.2, -0.15) is 0 Å². The molecule has 0 aliphatic carbocycles. The largest absolute Gasteiger partial charge is 0.316 e. The summed E-state index contributed by atoms with van der Waals surface area (Å²) in [5.74, 6) is 1.94. The highest BCUT2D eigenvalue weighted by atomic mass is 14.9. The molecule has 2 atom stereocenters. The van der Waals surface area contributed by atoms with Crippen LogP contribution in [0.1, 0.15) is 65.2 Å². The van der Waals surface area contributed by atoms with Gasteiger partial charge in [0.2, 0.25) is 0 Å². The highest BCUT2D eigenvalue weighted by Gasteiger charge is 2.12. The van der Waals surface area contributed by atoms with E-state index in [0.717, 1.165) is 11.8 Å². The third kappa shape index (κ3) is 6.19. The number of nitrogens with one attached hydrogen (secondary N) is 1. The van der Waals surface area contributed by atoms with E-state index in [1.54, 1.807) is 0 Å². The van der Waals surface area contributed by atoms with Gasteiger partial charge >= 0.3 is 0 Å². The lowest BCUT2D eigenvalue weighted by molar-refractivity contribution is 0.333. The van der Waals surface area contributed by atoms with Crippen LogP contribution in [0.3, 0.4) is 0 Å². The molecule has 1 heteroatoms. The minimum atomic E-state index is 0.960. The summed E-state index contributed by atoms with van der Waals surface area (Å²) < 4.78 is 0. The van der Waals surface area contributed by atoms with Gasteiger partial charge in [-0.25, -0.2) is 0 Å². The van der Waals surface area contributed by atoms with Gasteiger partial charge in [0.1, 0.15) is 0 Å². The normalized spacial score (nSPS) is 24.0. The van der Waals surface area contributed by atoms with Crippen LogP contribution >= 0.6 is 0 Å². The van der Waals surface area contributed by atoms with Crippen molar-refractivity contribution < 1.29 is 0 Å². The van der Waals surface area contributed by atoms with E-state index < -0.39 is 0 Å². The standard InChI is InChI=1S/C14H29N/c1-3-4-7-13(2)8-5-9-14-10-6-11-15-12-14/h13-15H,3-12H2,1-2H3/t13-,14+/m1/s1. The Morgan fingerprint density at radius 1 is 1.27 bits per heavy atom. The molecule has 0 unspecified atom stereocenters. The summed E-state index contributed by atoms with van der Waals surface area (Å²) in [5.41, 5.74) is 0. The molecule has 0 saturated carbocycles. The fourth-order valence-electron chi connectivity index (χ4n) is 2.62. The zero-order valence-electron chi connectivity index (χ0n) is 10.7. The van der Waals surface area contributed by atoms with Crippen molar-refractivity contribution in [3.63, 3.8) is 0 Å². The van der Waals surface area contributed by atoms with Crippen molar-refractivity contribution in [1.82, 2.24) is 5.32 Å². The van der Waals surface area contributed by atoms with Gasteiger partial charge in [0.25, 0.3) is 0 Å². The second kappa shape index (κ2) is 8.15. The second-order valence-corrected chi connectivity index (χ2v) is 5.39. The molecular weight excluding hydrogens is 182 g/mol. The molecule has 1 N–H and O–H groups in total. The molecule has 0 amide bonds. The van der Waals surface area contributed by atoms with E-state index in [0.29, 0.717) is 0 Å². The van der Waals surface area contributed by atoms with Crippen LogP contribution in [0.25, 0.3) is 0 Å². The minimum Gasteiger partial charge on any atom is -0.316 e. The van der Waals surface area contributed by atoms with Crippen LogP contribution in [0.4, 0.5) is 0 Å². The SMILES string of the molecule is CCCC[C@@H](C)CCC[C@H]1CCCNC1. The summed E-state index contributed by atoms with van der Waals surface area (Å²) >= 11 is 0. The maximum atomic E-state index is 3.51. The topological polar surface area (TPSA) is 12.0 Å². The van der Waals surface area contributed by atoms with E-state index >= 15 is 0 Å². The monoisotopic (exact) mass is 211 g/mol. The van der Waals surface area contributed by atoms with Crippen LogP contribution in [-0.4, -0.2) is 13.1 Å². The van der Waals surface area contributed by atoms with Gasteiger partial charge in [0, 0.05) is 0 Å². The van der Waals surface area contributed by atoms with Gasteiger partial charge < -0.3 is 5.32 Å². The van der Waals surface area contributed by atoms with Crippen molar-refractivity contribution in [3.8, 4) is 0 Å². The molecule has 0 aromatic rings. The average Bonchev–Trinajstić information content (AvgIpc) is 2.28. The smallest absolute Gasteiger partial charge is 0.00205 e. The first-order chi connectivity index (χ1) is 7.33. The first-order valence-corrected chi connectivity index (χ1v) is 7.03. The lowest BCUT2D eigenvalue weighted by Gasteiger charge is -2.23. The summed E-state index contributed by atoms with van der Waals surface area (Å²) in [4.78, 5) is 0. The average molecular weight is 211 g/mol. The summed E-state index contributed by atoms with van der Waals surface area (Å²) in [6.45, 7) is 7.25. The van der Waals surface area contributed by atoms with E-state index in [1.165, 1.54) is 64.5 Å². The molecule has 0 bridgehead atoms. The van der Waals surface area contributed by atoms with Gasteiger partial charge in [0.05, 0.1) is 0 Å². The zero-order chi connectivity index (χ0) is 10.9. The van der Waals surface area contributed by atoms with Crippen LogP contribution < -0.4 is 5.32 Å². The summed E-state index contributed by atoms with van der Waals surface area (Å²) in [7, 11) is 0. The molecule has 90 valence electrons. The fraction of sp³-hybridized carbons (Fsp3) is 1.00. The number of hydrogen-bond acceptors (Lipinski definition) is 1. The van der Waals surface area contributed by atoms with E-state index in [1.807, 2.05) is 0 Å². The maximum Gasteiger partial charge on any atom is -0.00205 e. The molecule has 0 aromatic heterocycles. The molecule has 1 heterocycles. The predicted molar refractivity (Wildman–Crippen MR) is 68.1 cm³/mol. The van der Waals surface area contributed by atoms with Crippen molar-refractivity contribution in [2.24, 2.45) is 11.8 Å². The van der Waals surface area contributed by atoms with E-state index in [9.17, 15) is 0 Å². The van der Waals surface area contributed by atoms with Gasteiger partial charge in [-0.3, -0.25) is 0 Å². The highest BCUT2D eigenvalue weighted by Crippen LogP contribution is 2.20. The number of piperidine rings is 1. The Kier molecular flexibility index (Phi) is 7.08. The van der Waals surface area contributed by atoms with Gasteiger partial charge in [-0.1, -0.05) is 46.0 Å². The predicted octanol–water partition coefficient (Wildman–Crippen LogP) is 3.98. The Labute approximate surface area is 96.0 Å². The maximum absolute atomic E-state index is 3.51. The first kappa shape index (κ1) is 13.0. The van der Waals surface area contributed by atoms with Crippen LogP contribution in [-0.2, 0) is 0 Å². The molecule has 1 aliphatic rings. The van der Waals surface area contributed by atoms with Crippen LogP contribution in [0, 0.1) is 11.8 Å². The van der Waals surface area contributed by atoms with Crippen molar-refractivity contribution in [1.29, 1.82) is 0 Å². The summed E-state index contributed by atoms with van der Waals surface area (Å²) in [5, 5.41) is 3.51. The van der Waals surface area contributed by atoms with Crippen LogP contribution in [0.5, 0.6) is 0 Å². The lowest BCUT2D eigenvalue weighted by atomic mass is 9.91. The van der Waals surface area contributed by atoms with E-state index in [-0.39, 0.29) is 0 Å². The third-order valence-corrected chi connectivity index (χ3v) is 3.76. The Balaban J connectivity index is 1.94. The molecule has 0 radical (unpaired) electrons. The minimum absolute atomic E-state index is 0.960. The fourth-order valence-corrected chi connectivity index (χ4v) is 2.62. The summed E-state index contributed by atoms with van der Waals surface area (Å²) in [6.07, 6.45) is 11.5. The van der Waals surface area contributed by atoms with Crippen molar-refractivity contribution in [2.75, 3.05) is 13.1 Å². The van der Waals surface area contributed by atoms with E-state index in [4.69, 9.17) is 0 Å². The molecule has 0 spiro atoms. The molecule has 1 rings (SSSR count). The molecule has 1 aliphatic heterocycles. The Bertz CT molecular complexity index is 138. The van der Waals surface area contributed by atoms with Gasteiger partial charge in [0.15, 0.2) is 0 Å². The molecule has 1 nitrogen and oxygen atoms in total.